The second-order valence-electron chi connectivity index (χ2n) is 10.8. The lowest BCUT2D eigenvalue weighted by Gasteiger charge is -2.58. The summed E-state index contributed by atoms with van der Waals surface area (Å²) < 4.78 is 50.9. The van der Waals surface area contributed by atoms with Gasteiger partial charge in [-0.15, -0.1) is 16.4 Å². The van der Waals surface area contributed by atoms with Crippen molar-refractivity contribution >= 4 is 50.0 Å². The molecule has 3 aliphatic heterocycles. The van der Waals surface area contributed by atoms with E-state index in [0.29, 0.717) is 32.2 Å². The fraction of sp³-hybridized carbons (Fsp3) is 0.321. The van der Waals surface area contributed by atoms with Crippen LogP contribution in [0.15, 0.2) is 24.5 Å². The van der Waals surface area contributed by atoms with E-state index < -0.39 is 35.2 Å². The molecule has 0 saturated carbocycles. The Kier molecular flexibility index (Phi) is 6.30. The Morgan fingerprint density at radius 2 is 2.02 bits per heavy atom. The topological polar surface area (TPSA) is 130 Å². The number of carbonyl (C=O) groups excluding carboxylic acids is 2. The van der Waals surface area contributed by atoms with Crippen molar-refractivity contribution in [3.05, 3.63) is 58.4 Å². The van der Waals surface area contributed by atoms with E-state index in [4.69, 9.17) is 22.1 Å². The summed E-state index contributed by atoms with van der Waals surface area (Å²) in [5.74, 6) is -2.02. The fourth-order valence-corrected chi connectivity index (χ4v) is 7.78. The second kappa shape index (κ2) is 9.85. The number of piperidine rings is 1. The number of nitrogen functional groups attached to an aromatic ring is 1. The molecule has 15 heteroatoms. The molecule has 0 aliphatic carbocycles. The predicted octanol–water partition coefficient (Wildman–Crippen LogP) is 5.18. The minimum absolute atomic E-state index is 0.00314. The number of carbonyl (C=O) groups is 2. The molecule has 0 radical (unpaired) electrons. The zero-order chi connectivity index (χ0) is 30.2. The molecule has 0 bridgehead atoms. The van der Waals surface area contributed by atoms with Crippen molar-refractivity contribution in [3.8, 4) is 22.9 Å². The summed E-state index contributed by atoms with van der Waals surface area (Å²) in [5.41, 5.74) is 5.19. The van der Waals surface area contributed by atoms with Crippen LogP contribution in [0.5, 0.6) is 5.75 Å². The first-order chi connectivity index (χ1) is 20.6. The number of likely N-dealkylation sites (tertiary alicyclic amines) is 1. The molecule has 2 saturated heterocycles. The Bertz CT molecular complexity index is 1910. The van der Waals surface area contributed by atoms with E-state index in [1.807, 2.05) is 6.07 Å². The van der Waals surface area contributed by atoms with Gasteiger partial charge in [-0.05, 0) is 37.0 Å². The molecule has 2 unspecified atom stereocenters. The van der Waals surface area contributed by atoms with Crippen LogP contribution in [0.3, 0.4) is 0 Å². The number of rotatable bonds is 1. The van der Waals surface area contributed by atoms with Gasteiger partial charge in [-0.2, -0.15) is 19.3 Å². The summed E-state index contributed by atoms with van der Waals surface area (Å²) >= 11 is 7.64. The number of amides is 2. The quantitative estimate of drug-likeness (QED) is 0.308. The first-order valence-electron chi connectivity index (χ1n) is 13.4. The Labute approximate surface area is 251 Å². The highest BCUT2D eigenvalue weighted by Gasteiger charge is 2.53. The van der Waals surface area contributed by atoms with Gasteiger partial charge in [-0.1, -0.05) is 17.7 Å². The number of fused-ring (bicyclic) bond motifs is 3. The van der Waals surface area contributed by atoms with Gasteiger partial charge >= 0.3 is 12.1 Å². The van der Waals surface area contributed by atoms with Crippen molar-refractivity contribution in [2.45, 2.75) is 37.3 Å². The molecule has 43 heavy (non-hydrogen) atoms. The number of anilines is 1. The largest absolute Gasteiger partial charge is 0.491 e. The van der Waals surface area contributed by atoms with Crippen molar-refractivity contribution < 1.29 is 27.5 Å². The summed E-state index contributed by atoms with van der Waals surface area (Å²) in [4.78, 5) is 33.7. The van der Waals surface area contributed by atoms with Gasteiger partial charge in [0.2, 0.25) is 0 Å². The minimum atomic E-state index is -1.02. The van der Waals surface area contributed by atoms with Gasteiger partial charge in [0.1, 0.15) is 29.0 Å². The number of nitrogens with zero attached hydrogens (tertiary/aromatic N) is 6. The number of ether oxygens (including phenoxy) is 1. The van der Waals surface area contributed by atoms with Crippen LogP contribution in [-0.2, 0) is 0 Å². The molecule has 3 aliphatic rings. The molecule has 2 fully saturated rings. The molecular weight excluding hydrogens is 607 g/mol. The third-order valence-corrected chi connectivity index (χ3v) is 10.1. The lowest BCUT2D eigenvalue weighted by molar-refractivity contribution is -0.0481. The van der Waals surface area contributed by atoms with Gasteiger partial charge in [0.15, 0.2) is 5.75 Å². The van der Waals surface area contributed by atoms with E-state index in [-0.39, 0.29) is 67.3 Å². The lowest BCUT2D eigenvalue weighted by Crippen LogP contribution is -2.71. The average Bonchev–Trinajstić information content (AvgIpc) is 3.56. The molecule has 7 rings (SSSR count). The molecule has 1 spiro atoms. The number of benzene rings is 2. The number of nitrogens with two attached hydrogens (primary N) is 1. The maximum absolute atomic E-state index is 16.0. The highest BCUT2D eigenvalue weighted by molar-refractivity contribution is 7.23. The molecule has 10 nitrogen and oxygen atoms in total. The first kappa shape index (κ1) is 27.5. The number of aromatic nitrogens is 3. The SMILES string of the molecule is N#Cc1c(N)sc2c(F)ccc(-c3c(F)cc4c(c3Cl)OCCC3CCC5(CCN5C(=O)n5cnc(F)n5)CN3C4=O)c12. The standard InChI is InChI=1S/C28H21ClF3N7O3S/c29-21-20(14-1-2-17(30)23-19(14)16(10-33)24(34)43-23)18(31)9-15-22(21)42-8-4-13-3-5-28(11-37(13)25(15)40)6-7-38(28)27(41)39-12-35-26(32)36-39/h1-2,9,12-13H,3-8,11,34H2. The second-order valence-corrected chi connectivity index (χ2v) is 12.2. The summed E-state index contributed by atoms with van der Waals surface area (Å²) in [7, 11) is 0. The predicted molar refractivity (Wildman–Crippen MR) is 150 cm³/mol. The first-order valence-corrected chi connectivity index (χ1v) is 14.6. The van der Waals surface area contributed by atoms with Gasteiger partial charge in [-0.25, -0.2) is 13.6 Å². The molecule has 4 aromatic rings. The molecule has 2 N–H and O–H groups in total. The molecular formula is C28H21ClF3N7O3S. The molecule has 2 aromatic carbocycles. The maximum Gasteiger partial charge on any atom is 0.346 e. The van der Waals surface area contributed by atoms with Crippen LogP contribution < -0.4 is 10.5 Å². The number of hydrogen-bond donors (Lipinski definition) is 1. The highest BCUT2D eigenvalue weighted by atomic mass is 35.5. The minimum Gasteiger partial charge on any atom is -0.491 e. The van der Waals surface area contributed by atoms with Crippen LogP contribution >= 0.6 is 22.9 Å². The number of nitriles is 1. The fourth-order valence-electron chi connectivity index (χ4n) is 6.48. The van der Waals surface area contributed by atoms with Crippen LogP contribution in [0.25, 0.3) is 21.2 Å². The molecule has 2 atom stereocenters. The monoisotopic (exact) mass is 627 g/mol. The van der Waals surface area contributed by atoms with E-state index in [2.05, 4.69) is 10.1 Å². The Hall–Kier alpha value is -4.35. The van der Waals surface area contributed by atoms with E-state index in [9.17, 15) is 23.6 Å². The Morgan fingerprint density at radius 1 is 1.21 bits per heavy atom. The summed E-state index contributed by atoms with van der Waals surface area (Å²) in [6.07, 6.45) is 2.25. The third kappa shape index (κ3) is 4.05. The molecule has 2 amide bonds. The summed E-state index contributed by atoms with van der Waals surface area (Å²) in [6, 6.07) is 4.70. The zero-order valence-corrected chi connectivity index (χ0v) is 23.8. The van der Waals surface area contributed by atoms with Crippen molar-refractivity contribution in [3.63, 3.8) is 0 Å². The van der Waals surface area contributed by atoms with Crippen LogP contribution in [0.2, 0.25) is 5.02 Å². The van der Waals surface area contributed by atoms with E-state index in [1.54, 1.807) is 9.80 Å². The smallest absolute Gasteiger partial charge is 0.346 e. The lowest BCUT2D eigenvalue weighted by atomic mass is 9.75. The Balaban J connectivity index is 1.28. The van der Waals surface area contributed by atoms with Gasteiger partial charge in [0, 0.05) is 36.5 Å². The van der Waals surface area contributed by atoms with Gasteiger partial charge < -0.3 is 20.3 Å². The van der Waals surface area contributed by atoms with Crippen molar-refractivity contribution in [2.24, 2.45) is 0 Å². The Morgan fingerprint density at radius 3 is 2.72 bits per heavy atom. The summed E-state index contributed by atoms with van der Waals surface area (Å²) in [5, 5.41) is 13.2. The molecule has 5 heterocycles. The highest BCUT2D eigenvalue weighted by Crippen LogP contribution is 2.48. The van der Waals surface area contributed by atoms with Crippen LogP contribution in [0.4, 0.5) is 23.0 Å². The van der Waals surface area contributed by atoms with Crippen LogP contribution in [0, 0.1) is 29.0 Å². The number of halogens is 4. The van der Waals surface area contributed by atoms with E-state index in [1.165, 1.54) is 6.07 Å². The number of thiophene rings is 1. The normalized spacial score (nSPS) is 21.5. The summed E-state index contributed by atoms with van der Waals surface area (Å²) in [6.45, 7) is 0.756. The van der Waals surface area contributed by atoms with Crippen molar-refractivity contribution in [1.29, 1.82) is 5.26 Å². The number of hydrogen-bond acceptors (Lipinski definition) is 8. The maximum atomic E-state index is 16.0. The third-order valence-electron chi connectivity index (χ3n) is 8.67. The van der Waals surface area contributed by atoms with Gasteiger partial charge in [0.25, 0.3) is 5.91 Å². The van der Waals surface area contributed by atoms with Crippen molar-refractivity contribution in [1.82, 2.24) is 24.6 Å². The zero-order valence-electron chi connectivity index (χ0n) is 22.2. The van der Waals surface area contributed by atoms with Crippen LogP contribution in [-0.4, -0.2) is 67.8 Å². The van der Waals surface area contributed by atoms with Crippen LogP contribution in [0.1, 0.15) is 41.6 Å². The van der Waals surface area contributed by atoms with Gasteiger partial charge in [0.05, 0.1) is 33.0 Å². The van der Waals surface area contributed by atoms with E-state index in [0.717, 1.165) is 34.5 Å². The molecule has 2 aromatic heterocycles. The average molecular weight is 628 g/mol. The molecule has 220 valence electrons. The van der Waals surface area contributed by atoms with Crippen molar-refractivity contribution in [2.75, 3.05) is 25.4 Å². The van der Waals surface area contributed by atoms with E-state index >= 15 is 4.39 Å². The van der Waals surface area contributed by atoms with Gasteiger partial charge in [-0.3, -0.25) is 4.79 Å².